The lowest BCUT2D eigenvalue weighted by Gasteiger charge is -2.19. The molecule has 2 aromatic carbocycles. The minimum Gasteiger partial charge on any atom is -0.507 e. The first-order valence-electron chi connectivity index (χ1n) is 8.98. The number of ether oxygens (including phenoxy) is 2. The van der Waals surface area contributed by atoms with Gasteiger partial charge in [0.25, 0.3) is 0 Å². The van der Waals surface area contributed by atoms with E-state index in [1.54, 1.807) is 18.2 Å². The molecule has 0 radical (unpaired) electrons. The second kappa shape index (κ2) is 9.92. The third kappa shape index (κ3) is 6.25. The molecule has 0 saturated heterocycles. The third-order valence-corrected chi connectivity index (χ3v) is 4.17. The van der Waals surface area contributed by atoms with Crippen LogP contribution in [-0.4, -0.2) is 35.5 Å². The second-order valence-electron chi connectivity index (χ2n) is 6.31. The van der Waals surface area contributed by atoms with Crippen LogP contribution in [0.1, 0.15) is 32.3 Å². The van der Waals surface area contributed by atoms with Crippen molar-refractivity contribution in [2.45, 2.75) is 39.2 Å². The molecule has 27 heavy (non-hydrogen) atoms. The highest BCUT2D eigenvalue weighted by molar-refractivity contribution is 5.72. The van der Waals surface area contributed by atoms with Gasteiger partial charge in [-0.05, 0) is 42.7 Å². The van der Waals surface area contributed by atoms with Gasteiger partial charge >= 0.3 is 5.97 Å². The topological polar surface area (TPSA) is 76.0 Å². The Kier molecular flexibility index (Phi) is 7.61. The number of carboxylic acid groups (broad SMARTS) is 1. The van der Waals surface area contributed by atoms with Crippen LogP contribution in [0.2, 0.25) is 0 Å². The molecule has 0 aromatic heterocycles. The molecule has 5 nitrogen and oxygen atoms in total. The van der Waals surface area contributed by atoms with E-state index in [0.717, 1.165) is 11.1 Å². The largest absolute Gasteiger partial charge is 0.507 e. The van der Waals surface area contributed by atoms with E-state index >= 15 is 0 Å². The molecular formula is C21H25FO5. The summed E-state index contributed by atoms with van der Waals surface area (Å²) in [4.78, 5) is 10.4. The molecule has 146 valence electrons. The summed E-state index contributed by atoms with van der Waals surface area (Å²) in [5.74, 6) is -0.547. The number of aromatic hydroxyl groups is 1. The van der Waals surface area contributed by atoms with Crippen LogP contribution in [0.3, 0.4) is 0 Å². The Morgan fingerprint density at radius 3 is 2.52 bits per heavy atom. The summed E-state index contributed by atoms with van der Waals surface area (Å²) in [6.45, 7) is 4.46. The number of hydrogen-bond donors (Lipinski definition) is 2. The maximum absolute atomic E-state index is 13.1. The molecule has 0 fully saturated rings. The number of aryl methyl sites for hydroxylation is 1. The van der Waals surface area contributed by atoms with Crippen LogP contribution in [0.25, 0.3) is 11.1 Å². The van der Waals surface area contributed by atoms with E-state index in [4.69, 9.17) is 14.6 Å². The number of carbonyl (C=O) groups is 1. The minimum absolute atomic E-state index is 0.0199. The lowest BCUT2D eigenvalue weighted by atomic mass is 10.00. The Morgan fingerprint density at radius 2 is 1.89 bits per heavy atom. The summed E-state index contributed by atoms with van der Waals surface area (Å²) in [6, 6.07) is 9.41. The van der Waals surface area contributed by atoms with E-state index < -0.39 is 5.97 Å². The smallest absolute Gasteiger partial charge is 0.305 e. The minimum atomic E-state index is -0.886. The van der Waals surface area contributed by atoms with Crippen LogP contribution in [0.5, 0.6) is 11.5 Å². The van der Waals surface area contributed by atoms with Crippen molar-refractivity contribution in [3.63, 3.8) is 0 Å². The lowest BCUT2D eigenvalue weighted by molar-refractivity contribution is -0.138. The van der Waals surface area contributed by atoms with Gasteiger partial charge in [-0.25, -0.2) is 4.39 Å². The van der Waals surface area contributed by atoms with Gasteiger partial charge in [0.05, 0.1) is 25.7 Å². The fourth-order valence-corrected chi connectivity index (χ4v) is 2.65. The van der Waals surface area contributed by atoms with Gasteiger partial charge in [-0.15, -0.1) is 0 Å². The molecule has 0 heterocycles. The van der Waals surface area contributed by atoms with E-state index in [2.05, 4.69) is 0 Å². The molecule has 0 spiro atoms. The highest BCUT2D eigenvalue weighted by Gasteiger charge is 2.14. The summed E-state index contributed by atoms with van der Waals surface area (Å²) < 4.78 is 24.3. The molecule has 0 amide bonds. The molecular weight excluding hydrogens is 351 g/mol. The van der Waals surface area contributed by atoms with Gasteiger partial charge in [-0.2, -0.15) is 0 Å². The van der Waals surface area contributed by atoms with Gasteiger partial charge in [0, 0.05) is 18.1 Å². The first-order chi connectivity index (χ1) is 12.9. The van der Waals surface area contributed by atoms with Crippen LogP contribution < -0.4 is 4.74 Å². The van der Waals surface area contributed by atoms with Gasteiger partial charge in [0.15, 0.2) is 0 Å². The molecule has 0 bridgehead atoms. The Morgan fingerprint density at radius 1 is 1.19 bits per heavy atom. The monoisotopic (exact) mass is 376 g/mol. The van der Waals surface area contributed by atoms with Crippen molar-refractivity contribution >= 4 is 5.97 Å². The quantitative estimate of drug-likeness (QED) is 0.601. The average molecular weight is 376 g/mol. The number of hydrogen-bond acceptors (Lipinski definition) is 4. The average Bonchev–Trinajstić information content (AvgIpc) is 2.62. The van der Waals surface area contributed by atoms with E-state index in [0.29, 0.717) is 30.8 Å². The lowest BCUT2D eigenvalue weighted by Crippen LogP contribution is -2.16. The molecule has 0 saturated carbocycles. The van der Waals surface area contributed by atoms with Crippen molar-refractivity contribution in [3.05, 3.63) is 47.8 Å². The fraction of sp³-hybridized carbons (Fsp3) is 0.381. The van der Waals surface area contributed by atoms with Crippen LogP contribution >= 0.6 is 0 Å². The normalized spacial score (nSPS) is 12.0. The van der Waals surface area contributed by atoms with Crippen molar-refractivity contribution in [3.8, 4) is 22.6 Å². The Balaban J connectivity index is 2.03. The van der Waals surface area contributed by atoms with Gasteiger partial charge in [0.2, 0.25) is 0 Å². The van der Waals surface area contributed by atoms with Crippen LogP contribution in [0.15, 0.2) is 36.4 Å². The Labute approximate surface area is 158 Å². The van der Waals surface area contributed by atoms with Crippen LogP contribution in [0, 0.1) is 5.82 Å². The van der Waals surface area contributed by atoms with E-state index in [-0.39, 0.29) is 30.7 Å². The zero-order chi connectivity index (χ0) is 19.8. The zero-order valence-corrected chi connectivity index (χ0v) is 15.6. The number of phenolic OH excluding ortho intramolecular Hbond substituents is 1. The predicted molar refractivity (Wildman–Crippen MR) is 101 cm³/mol. The van der Waals surface area contributed by atoms with Crippen molar-refractivity contribution in [2.24, 2.45) is 0 Å². The molecule has 1 atom stereocenters. The standard InChI is InChI=1S/C21H25FO5/c1-3-15-12-18(16-4-6-17(22)7-5-16)19(23)13-20(15)27-14(2)8-10-26-11-9-21(24)25/h4-7,12-14,23H,3,8-11H2,1-2H3,(H,24,25). The first-order valence-corrected chi connectivity index (χ1v) is 8.98. The number of benzene rings is 2. The molecule has 2 rings (SSSR count). The van der Waals surface area contributed by atoms with E-state index in [1.165, 1.54) is 12.1 Å². The summed E-state index contributed by atoms with van der Waals surface area (Å²) in [7, 11) is 0. The summed E-state index contributed by atoms with van der Waals surface area (Å²) in [5, 5.41) is 19.0. The van der Waals surface area contributed by atoms with Crippen LogP contribution in [-0.2, 0) is 16.0 Å². The highest BCUT2D eigenvalue weighted by Crippen LogP contribution is 2.36. The number of phenols is 1. The molecule has 6 heteroatoms. The molecule has 2 N–H and O–H groups in total. The number of carboxylic acids is 1. The Bertz CT molecular complexity index is 758. The molecule has 2 aromatic rings. The second-order valence-corrected chi connectivity index (χ2v) is 6.31. The zero-order valence-electron chi connectivity index (χ0n) is 15.6. The summed E-state index contributed by atoms with van der Waals surface area (Å²) in [5.41, 5.74) is 2.30. The van der Waals surface area contributed by atoms with Gasteiger partial charge in [-0.1, -0.05) is 19.1 Å². The number of rotatable bonds is 10. The molecule has 1 unspecified atom stereocenters. The highest BCUT2D eigenvalue weighted by atomic mass is 19.1. The molecule has 0 aliphatic heterocycles. The van der Waals surface area contributed by atoms with Crippen molar-refractivity contribution in [1.82, 2.24) is 0 Å². The molecule has 0 aliphatic rings. The van der Waals surface area contributed by atoms with E-state index in [9.17, 15) is 14.3 Å². The predicted octanol–water partition coefficient (Wildman–Crippen LogP) is 4.41. The first kappa shape index (κ1) is 20.7. The van der Waals surface area contributed by atoms with Gasteiger partial charge in [0.1, 0.15) is 17.3 Å². The maximum Gasteiger partial charge on any atom is 0.305 e. The maximum atomic E-state index is 13.1. The third-order valence-electron chi connectivity index (χ3n) is 4.17. The fourth-order valence-electron chi connectivity index (χ4n) is 2.65. The SMILES string of the molecule is CCc1cc(-c2ccc(F)cc2)c(O)cc1OC(C)CCOCCC(=O)O. The van der Waals surface area contributed by atoms with E-state index in [1.807, 2.05) is 19.9 Å². The number of halogens is 1. The van der Waals surface area contributed by atoms with Gasteiger partial charge in [-0.3, -0.25) is 4.79 Å². The van der Waals surface area contributed by atoms with Gasteiger partial charge < -0.3 is 19.7 Å². The Hall–Kier alpha value is -2.60. The van der Waals surface area contributed by atoms with Crippen LogP contribution in [0.4, 0.5) is 4.39 Å². The van der Waals surface area contributed by atoms with Crippen molar-refractivity contribution < 1.29 is 28.9 Å². The van der Waals surface area contributed by atoms with Crippen molar-refractivity contribution in [2.75, 3.05) is 13.2 Å². The van der Waals surface area contributed by atoms with Crippen molar-refractivity contribution in [1.29, 1.82) is 0 Å². The molecule has 0 aliphatic carbocycles. The summed E-state index contributed by atoms with van der Waals surface area (Å²) in [6.07, 6.45) is 1.14. The number of aliphatic carboxylic acids is 1. The summed E-state index contributed by atoms with van der Waals surface area (Å²) >= 11 is 0.